The molecular weight excluding hydrogens is 302 g/mol. The third kappa shape index (κ3) is 3.21. The van der Waals surface area contributed by atoms with Crippen molar-refractivity contribution in [2.45, 2.75) is 44.9 Å². The molecule has 2 aliphatic rings. The van der Waals surface area contributed by atoms with Gasteiger partial charge in [-0.1, -0.05) is 23.4 Å². The highest BCUT2D eigenvalue weighted by molar-refractivity contribution is 5.95. The van der Waals surface area contributed by atoms with Crippen LogP contribution in [-0.2, 0) is 6.42 Å². The van der Waals surface area contributed by atoms with Gasteiger partial charge in [0.25, 0.3) is 5.91 Å². The summed E-state index contributed by atoms with van der Waals surface area (Å²) in [5.41, 5.74) is 1.85. The van der Waals surface area contributed by atoms with E-state index >= 15 is 0 Å². The summed E-state index contributed by atoms with van der Waals surface area (Å²) in [6.07, 6.45) is 5.28. The van der Waals surface area contributed by atoms with Crippen LogP contribution in [0.4, 0.5) is 0 Å². The van der Waals surface area contributed by atoms with Crippen LogP contribution in [0, 0.1) is 12.8 Å². The van der Waals surface area contributed by atoms with Gasteiger partial charge in [-0.3, -0.25) is 4.79 Å². The number of likely N-dealkylation sites (tertiary alicyclic amines) is 1. The maximum Gasteiger partial charge on any atom is 0.254 e. The maximum atomic E-state index is 12.8. The zero-order valence-corrected chi connectivity index (χ0v) is 14.1. The number of amides is 1. The molecule has 2 aromatic rings. The van der Waals surface area contributed by atoms with Crippen LogP contribution in [0.15, 0.2) is 28.8 Å². The average Bonchev–Trinajstić information content (AvgIpc) is 3.35. The molecule has 0 bridgehead atoms. The minimum absolute atomic E-state index is 0.141. The molecule has 0 radical (unpaired) electrons. The zero-order chi connectivity index (χ0) is 16.5. The van der Waals surface area contributed by atoms with Crippen molar-refractivity contribution in [1.29, 1.82) is 0 Å². The molecule has 1 aromatic heterocycles. The van der Waals surface area contributed by atoms with Crippen molar-refractivity contribution < 1.29 is 9.32 Å². The number of benzene rings is 1. The number of hydrogen-bond donors (Lipinski definition) is 0. The molecule has 5 heteroatoms. The number of nitrogens with zero attached hydrogens (tertiary/aromatic N) is 3. The predicted octanol–water partition coefficient (Wildman–Crippen LogP) is 3.35. The summed E-state index contributed by atoms with van der Waals surface area (Å²) >= 11 is 0. The second kappa shape index (κ2) is 6.38. The topological polar surface area (TPSA) is 59.2 Å². The van der Waals surface area contributed by atoms with E-state index in [0.717, 1.165) is 55.2 Å². The van der Waals surface area contributed by atoms with Crippen LogP contribution in [0.25, 0.3) is 0 Å². The molecular formula is C19H23N3O2. The second-order valence-electron chi connectivity index (χ2n) is 7.10. The summed E-state index contributed by atoms with van der Waals surface area (Å²) in [5, 5.41) is 4.09. The second-order valence-corrected chi connectivity index (χ2v) is 7.10. The highest BCUT2D eigenvalue weighted by atomic mass is 16.5. The Morgan fingerprint density at radius 3 is 2.92 bits per heavy atom. The van der Waals surface area contributed by atoms with E-state index < -0.39 is 0 Å². The number of hydrogen-bond acceptors (Lipinski definition) is 4. The number of aryl methyl sites for hydroxylation is 1. The first kappa shape index (κ1) is 15.4. The lowest BCUT2D eigenvalue weighted by Gasteiger charge is -2.32. The first-order valence-corrected chi connectivity index (χ1v) is 8.88. The fourth-order valence-electron chi connectivity index (χ4n) is 3.50. The Hall–Kier alpha value is -2.17. The Bertz CT molecular complexity index is 736. The molecule has 1 saturated heterocycles. The molecule has 0 N–H and O–H groups in total. The quantitative estimate of drug-likeness (QED) is 0.865. The van der Waals surface area contributed by atoms with Gasteiger partial charge in [0.2, 0.25) is 5.89 Å². The van der Waals surface area contributed by atoms with E-state index in [4.69, 9.17) is 4.52 Å². The smallest absolute Gasteiger partial charge is 0.254 e. The van der Waals surface area contributed by atoms with E-state index in [0.29, 0.717) is 11.8 Å². The van der Waals surface area contributed by atoms with Crippen molar-refractivity contribution in [3.63, 3.8) is 0 Å². The van der Waals surface area contributed by atoms with Gasteiger partial charge in [-0.05, 0) is 50.2 Å². The largest absolute Gasteiger partial charge is 0.339 e. The van der Waals surface area contributed by atoms with Gasteiger partial charge in [-0.2, -0.15) is 4.98 Å². The van der Waals surface area contributed by atoms with E-state index in [1.165, 1.54) is 12.8 Å². The van der Waals surface area contributed by atoms with Crippen LogP contribution in [0.2, 0.25) is 0 Å². The van der Waals surface area contributed by atoms with Crippen LogP contribution < -0.4 is 0 Å². The van der Waals surface area contributed by atoms with Gasteiger partial charge in [-0.25, -0.2) is 0 Å². The standard InChI is InChI=1S/C19H23N3O2/c1-13-5-2-3-7-16(13)19(23)22-10-4-6-14(12-22)11-17-20-18(21-24-17)15-8-9-15/h2-3,5,7,14-15H,4,6,8-12H2,1H3/t14-/m1/s1. The molecule has 5 nitrogen and oxygen atoms in total. The summed E-state index contributed by atoms with van der Waals surface area (Å²) in [6, 6.07) is 7.81. The molecule has 0 spiro atoms. The maximum absolute atomic E-state index is 12.8. The van der Waals surface area contributed by atoms with Crippen LogP contribution in [0.3, 0.4) is 0 Å². The number of carbonyl (C=O) groups is 1. The van der Waals surface area contributed by atoms with E-state index in [1.54, 1.807) is 0 Å². The third-order valence-electron chi connectivity index (χ3n) is 5.07. The van der Waals surface area contributed by atoms with Gasteiger partial charge in [0.15, 0.2) is 5.82 Å². The number of piperidine rings is 1. The lowest BCUT2D eigenvalue weighted by Crippen LogP contribution is -2.40. The molecule has 1 aliphatic carbocycles. The van der Waals surface area contributed by atoms with Crippen LogP contribution >= 0.6 is 0 Å². The van der Waals surface area contributed by atoms with E-state index in [2.05, 4.69) is 10.1 Å². The Morgan fingerprint density at radius 1 is 1.29 bits per heavy atom. The fraction of sp³-hybridized carbons (Fsp3) is 0.526. The van der Waals surface area contributed by atoms with Crippen molar-refractivity contribution in [3.05, 3.63) is 47.1 Å². The van der Waals surface area contributed by atoms with Crippen molar-refractivity contribution in [2.24, 2.45) is 5.92 Å². The molecule has 24 heavy (non-hydrogen) atoms. The monoisotopic (exact) mass is 325 g/mol. The Labute approximate surface area is 142 Å². The summed E-state index contributed by atoms with van der Waals surface area (Å²) in [7, 11) is 0. The van der Waals surface area contributed by atoms with E-state index in [-0.39, 0.29) is 5.91 Å². The summed E-state index contributed by atoms with van der Waals surface area (Å²) in [5.74, 6) is 2.66. The molecule has 2 heterocycles. The number of rotatable bonds is 4. The molecule has 1 atom stereocenters. The molecule has 1 aromatic carbocycles. The Morgan fingerprint density at radius 2 is 2.12 bits per heavy atom. The van der Waals surface area contributed by atoms with Crippen LogP contribution in [0.1, 0.15) is 59.2 Å². The van der Waals surface area contributed by atoms with E-state index in [9.17, 15) is 4.79 Å². The highest BCUT2D eigenvalue weighted by Crippen LogP contribution is 2.38. The van der Waals surface area contributed by atoms with Crippen LogP contribution in [0.5, 0.6) is 0 Å². The van der Waals surface area contributed by atoms with Crippen molar-refractivity contribution >= 4 is 5.91 Å². The zero-order valence-electron chi connectivity index (χ0n) is 14.1. The van der Waals surface area contributed by atoms with Gasteiger partial charge < -0.3 is 9.42 Å². The lowest BCUT2D eigenvalue weighted by molar-refractivity contribution is 0.0667. The minimum atomic E-state index is 0.141. The molecule has 2 fully saturated rings. The third-order valence-corrected chi connectivity index (χ3v) is 5.07. The number of aromatic nitrogens is 2. The molecule has 126 valence electrons. The lowest BCUT2D eigenvalue weighted by atomic mass is 9.94. The van der Waals surface area contributed by atoms with Crippen LogP contribution in [-0.4, -0.2) is 34.0 Å². The summed E-state index contributed by atoms with van der Waals surface area (Å²) in [6.45, 7) is 3.60. The fourth-order valence-corrected chi connectivity index (χ4v) is 3.50. The first-order chi connectivity index (χ1) is 11.7. The molecule has 4 rings (SSSR count). The summed E-state index contributed by atoms with van der Waals surface area (Å²) in [4.78, 5) is 19.3. The normalized spacial score (nSPS) is 21.0. The SMILES string of the molecule is Cc1ccccc1C(=O)N1CCC[C@H](Cc2nc(C3CC3)no2)C1. The highest BCUT2D eigenvalue weighted by Gasteiger charge is 2.30. The van der Waals surface area contributed by atoms with Gasteiger partial charge in [0.1, 0.15) is 0 Å². The van der Waals surface area contributed by atoms with Gasteiger partial charge in [0, 0.05) is 31.0 Å². The van der Waals surface area contributed by atoms with Crippen molar-refractivity contribution in [1.82, 2.24) is 15.0 Å². The van der Waals surface area contributed by atoms with Crippen molar-refractivity contribution in [2.75, 3.05) is 13.1 Å². The molecule has 1 aliphatic heterocycles. The number of carbonyl (C=O) groups excluding carboxylic acids is 1. The predicted molar refractivity (Wildman–Crippen MR) is 89.8 cm³/mol. The molecule has 1 amide bonds. The molecule has 0 unspecified atom stereocenters. The minimum Gasteiger partial charge on any atom is -0.339 e. The van der Waals surface area contributed by atoms with E-state index in [1.807, 2.05) is 36.1 Å². The Kier molecular flexibility index (Phi) is 4.08. The Balaban J connectivity index is 1.41. The molecule has 1 saturated carbocycles. The average molecular weight is 325 g/mol. The van der Waals surface area contributed by atoms with Gasteiger partial charge in [-0.15, -0.1) is 0 Å². The van der Waals surface area contributed by atoms with Crippen molar-refractivity contribution in [3.8, 4) is 0 Å². The van der Waals surface area contributed by atoms with Gasteiger partial charge >= 0.3 is 0 Å². The first-order valence-electron chi connectivity index (χ1n) is 8.88. The van der Waals surface area contributed by atoms with Gasteiger partial charge in [0.05, 0.1) is 0 Å². The summed E-state index contributed by atoms with van der Waals surface area (Å²) < 4.78 is 5.40.